The SMILES string of the molecule is COc1ccccc1C1CC(=O)c2cc(C)c(C)c(N)c2O1. The molecule has 4 nitrogen and oxygen atoms in total. The summed E-state index contributed by atoms with van der Waals surface area (Å²) in [6.45, 7) is 3.89. The Morgan fingerprint density at radius 2 is 2.00 bits per heavy atom. The third kappa shape index (κ3) is 2.21. The van der Waals surface area contributed by atoms with E-state index in [1.165, 1.54) is 0 Å². The molecule has 1 heterocycles. The zero-order valence-electron chi connectivity index (χ0n) is 13.0. The first-order valence-electron chi connectivity index (χ1n) is 7.25. The number of ether oxygens (including phenoxy) is 2. The van der Waals surface area contributed by atoms with Gasteiger partial charge in [0.1, 0.15) is 11.9 Å². The van der Waals surface area contributed by atoms with E-state index in [9.17, 15) is 4.79 Å². The van der Waals surface area contributed by atoms with Crippen molar-refractivity contribution in [2.24, 2.45) is 0 Å². The summed E-state index contributed by atoms with van der Waals surface area (Å²) >= 11 is 0. The molecule has 4 heteroatoms. The second-order valence-electron chi connectivity index (χ2n) is 5.58. The first-order chi connectivity index (χ1) is 10.5. The van der Waals surface area contributed by atoms with E-state index in [0.29, 0.717) is 22.7 Å². The summed E-state index contributed by atoms with van der Waals surface area (Å²) in [5, 5.41) is 0. The molecular formula is C18H19NO3. The zero-order valence-corrected chi connectivity index (χ0v) is 13.0. The summed E-state index contributed by atoms with van der Waals surface area (Å²) in [4.78, 5) is 12.5. The van der Waals surface area contributed by atoms with Gasteiger partial charge in [0.15, 0.2) is 11.5 Å². The average Bonchev–Trinajstić information content (AvgIpc) is 2.53. The molecule has 0 aliphatic carbocycles. The Balaban J connectivity index is 2.08. The highest BCUT2D eigenvalue weighted by Crippen LogP contribution is 2.42. The van der Waals surface area contributed by atoms with E-state index in [1.54, 1.807) is 7.11 Å². The molecule has 0 spiro atoms. The van der Waals surface area contributed by atoms with Crippen LogP contribution in [0.5, 0.6) is 11.5 Å². The molecule has 2 N–H and O–H groups in total. The topological polar surface area (TPSA) is 61.5 Å². The van der Waals surface area contributed by atoms with E-state index < -0.39 is 0 Å². The maximum atomic E-state index is 12.5. The van der Waals surface area contributed by atoms with Gasteiger partial charge in [-0.05, 0) is 37.1 Å². The molecule has 22 heavy (non-hydrogen) atoms. The molecule has 0 radical (unpaired) electrons. The Labute approximate surface area is 129 Å². The van der Waals surface area contributed by atoms with Gasteiger partial charge < -0.3 is 15.2 Å². The molecule has 1 aliphatic heterocycles. The van der Waals surface area contributed by atoms with E-state index >= 15 is 0 Å². The zero-order chi connectivity index (χ0) is 15.9. The van der Waals surface area contributed by atoms with Crippen molar-refractivity contribution < 1.29 is 14.3 Å². The molecule has 0 amide bonds. The summed E-state index contributed by atoms with van der Waals surface area (Å²) in [6, 6.07) is 9.44. The largest absolute Gasteiger partial charge is 0.496 e. The van der Waals surface area contributed by atoms with Crippen molar-refractivity contribution in [1.29, 1.82) is 0 Å². The Kier molecular flexibility index (Phi) is 3.53. The summed E-state index contributed by atoms with van der Waals surface area (Å²) < 4.78 is 11.4. The molecule has 0 bridgehead atoms. The number of Topliss-reactive ketones (excluding diaryl/α,β-unsaturated/α-hetero) is 1. The predicted molar refractivity (Wildman–Crippen MR) is 85.6 cm³/mol. The van der Waals surface area contributed by atoms with E-state index in [4.69, 9.17) is 15.2 Å². The first kappa shape index (κ1) is 14.4. The van der Waals surface area contributed by atoms with Crippen molar-refractivity contribution in [3.8, 4) is 11.5 Å². The number of hydrogen-bond donors (Lipinski definition) is 1. The van der Waals surface area contributed by atoms with Crippen LogP contribution in [-0.2, 0) is 0 Å². The second kappa shape index (κ2) is 5.37. The summed E-state index contributed by atoms with van der Waals surface area (Å²) in [5.41, 5.74) is 10.1. The van der Waals surface area contributed by atoms with Gasteiger partial charge in [-0.2, -0.15) is 0 Å². The number of methoxy groups -OCH3 is 1. The van der Waals surface area contributed by atoms with Crippen LogP contribution in [0.3, 0.4) is 0 Å². The van der Waals surface area contributed by atoms with Crippen LogP contribution < -0.4 is 15.2 Å². The lowest BCUT2D eigenvalue weighted by Crippen LogP contribution is -2.22. The lowest BCUT2D eigenvalue weighted by atomic mass is 9.92. The second-order valence-corrected chi connectivity index (χ2v) is 5.58. The molecule has 0 saturated heterocycles. The Hall–Kier alpha value is -2.49. The molecular weight excluding hydrogens is 278 g/mol. The van der Waals surface area contributed by atoms with Crippen molar-refractivity contribution in [3.05, 3.63) is 52.6 Å². The molecule has 1 unspecified atom stereocenters. The van der Waals surface area contributed by atoms with Crippen LogP contribution in [0.15, 0.2) is 30.3 Å². The summed E-state index contributed by atoms with van der Waals surface area (Å²) in [7, 11) is 1.61. The van der Waals surface area contributed by atoms with Gasteiger partial charge in [-0.25, -0.2) is 0 Å². The standard InChI is InChI=1S/C18H19NO3/c1-10-8-13-14(20)9-16(22-18(13)17(19)11(10)2)12-6-4-5-7-15(12)21-3/h4-8,16H,9,19H2,1-3H3. The maximum Gasteiger partial charge on any atom is 0.170 e. The number of carbonyl (C=O) groups excluding carboxylic acids is 1. The Morgan fingerprint density at radius 3 is 2.73 bits per heavy atom. The number of nitrogens with two attached hydrogens (primary N) is 1. The molecule has 1 aliphatic rings. The van der Waals surface area contributed by atoms with Crippen LogP contribution in [-0.4, -0.2) is 12.9 Å². The van der Waals surface area contributed by atoms with Gasteiger partial charge in [-0.15, -0.1) is 0 Å². The minimum Gasteiger partial charge on any atom is -0.496 e. The number of aryl methyl sites for hydroxylation is 1. The molecule has 0 fully saturated rings. The van der Waals surface area contributed by atoms with E-state index in [-0.39, 0.29) is 18.3 Å². The van der Waals surface area contributed by atoms with Crippen molar-refractivity contribution in [2.45, 2.75) is 26.4 Å². The lowest BCUT2D eigenvalue weighted by Gasteiger charge is -2.28. The quantitative estimate of drug-likeness (QED) is 0.860. The van der Waals surface area contributed by atoms with E-state index in [2.05, 4.69) is 0 Å². The fraction of sp³-hybridized carbons (Fsp3) is 0.278. The fourth-order valence-electron chi connectivity index (χ4n) is 2.82. The Bertz CT molecular complexity index is 752. The van der Waals surface area contributed by atoms with Gasteiger partial charge in [-0.3, -0.25) is 4.79 Å². The van der Waals surface area contributed by atoms with E-state index in [1.807, 2.05) is 44.2 Å². The number of ketones is 1. The minimum atomic E-state index is -0.374. The molecule has 0 saturated carbocycles. The normalized spacial score (nSPS) is 16.9. The van der Waals surface area contributed by atoms with Crippen LogP contribution >= 0.6 is 0 Å². The van der Waals surface area contributed by atoms with Crippen molar-refractivity contribution >= 4 is 11.5 Å². The van der Waals surface area contributed by atoms with E-state index in [0.717, 1.165) is 16.7 Å². The number of carbonyl (C=O) groups is 1. The van der Waals surface area contributed by atoms with Crippen LogP contribution in [0.2, 0.25) is 0 Å². The minimum absolute atomic E-state index is 0.0481. The van der Waals surface area contributed by atoms with Crippen LogP contribution in [0.4, 0.5) is 5.69 Å². The van der Waals surface area contributed by atoms with Crippen molar-refractivity contribution in [2.75, 3.05) is 12.8 Å². The third-order valence-corrected chi connectivity index (χ3v) is 4.26. The van der Waals surface area contributed by atoms with Gasteiger partial charge in [0, 0.05) is 5.56 Å². The van der Waals surface area contributed by atoms with Gasteiger partial charge in [-0.1, -0.05) is 18.2 Å². The molecule has 1 atom stereocenters. The van der Waals surface area contributed by atoms with Gasteiger partial charge in [0.25, 0.3) is 0 Å². The monoisotopic (exact) mass is 297 g/mol. The third-order valence-electron chi connectivity index (χ3n) is 4.26. The molecule has 2 aromatic carbocycles. The average molecular weight is 297 g/mol. The number of para-hydroxylation sites is 1. The highest BCUT2D eigenvalue weighted by Gasteiger charge is 2.31. The van der Waals surface area contributed by atoms with Crippen LogP contribution in [0, 0.1) is 13.8 Å². The lowest BCUT2D eigenvalue weighted by molar-refractivity contribution is 0.0848. The first-order valence-corrected chi connectivity index (χ1v) is 7.25. The van der Waals surface area contributed by atoms with Crippen LogP contribution in [0.1, 0.15) is 39.6 Å². The van der Waals surface area contributed by atoms with Gasteiger partial charge >= 0.3 is 0 Å². The summed E-state index contributed by atoms with van der Waals surface area (Å²) in [5.74, 6) is 1.26. The van der Waals surface area contributed by atoms with Gasteiger partial charge in [0.2, 0.25) is 0 Å². The number of rotatable bonds is 2. The number of fused-ring (bicyclic) bond motifs is 1. The number of anilines is 1. The molecule has 0 aromatic heterocycles. The van der Waals surface area contributed by atoms with Gasteiger partial charge in [0.05, 0.1) is 24.8 Å². The summed E-state index contributed by atoms with van der Waals surface area (Å²) in [6.07, 6.45) is -0.0875. The predicted octanol–water partition coefficient (Wildman–Crippen LogP) is 3.60. The number of hydrogen-bond acceptors (Lipinski definition) is 4. The fourth-order valence-corrected chi connectivity index (χ4v) is 2.82. The maximum absolute atomic E-state index is 12.5. The smallest absolute Gasteiger partial charge is 0.170 e. The van der Waals surface area contributed by atoms with Crippen molar-refractivity contribution in [3.63, 3.8) is 0 Å². The highest BCUT2D eigenvalue weighted by molar-refractivity contribution is 6.02. The molecule has 3 rings (SSSR count). The Morgan fingerprint density at radius 1 is 1.27 bits per heavy atom. The number of benzene rings is 2. The van der Waals surface area contributed by atoms with Crippen LogP contribution in [0.25, 0.3) is 0 Å². The van der Waals surface area contributed by atoms with Crippen molar-refractivity contribution in [1.82, 2.24) is 0 Å². The highest BCUT2D eigenvalue weighted by atomic mass is 16.5. The molecule has 2 aromatic rings. The number of nitrogen functional groups attached to an aromatic ring is 1. The molecule has 114 valence electrons.